The molecule has 1 aromatic carbocycles. The molecule has 1 heterocycles. The second-order valence-electron chi connectivity index (χ2n) is 6.62. The molecule has 0 saturated carbocycles. The lowest BCUT2D eigenvalue weighted by Gasteiger charge is -2.26. The Labute approximate surface area is 137 Å². The highest BCUT2D eigenvalue weighted by Crippen LogP contribution is 2.22. The number of phenolic OH excluding ortho intramolecular Hbond substituents is 1. The van der Waals surface area contributed by atoms with Crippen LogP contribution in [0.15, 0.2) is 24.3 Å². The molecule has 3 amide bonds. The van der Waals surface area contributed by atoms with E-state index in [2.05, 4.69) is 17.1 Å². The van der Waals surface area contributed by atoms with Crippen LogP contribution in [0.2, 0.25) is 0 Å². The van der Waals surface area contributed by atoms with Crippen molar-refractivity contribution >= 4 is 11.9 Å². The highest BCUT2D eigenvalue weighted by Gasteiger charge is 2.43. The number of phenols is 1. The van der Waals surface area contributed by atoms with E-state index in [1.54, 1.807) is 26.0 Å². The molecule has 0 bridgehead atoms. The Morgan fingerprint density at radius 3 is 2.61 bits per heavy atom. The van der Waals surface area contributed by atoms with Crippen LogP contribution in [0.1, 0.15) is 38.8 Å². The van der Waals surface area contributed by atoms with E-state index in [0.717, 1.165) is 12.1 Å². The SMILES string of the molecule is CC(c1cccc(O)c1)N(C)CCCN1C(=O)NC(C)(C)C1=O. The molecule has 1 aliphatic rings. The normalized spacial score (nSPS) is 18.4. The van der Waals surface area contributed by atoms with Crippen LogP contribution in [0.3, 0.4) is 0 Å². The molecule has 0 spiro atoms. The third kappa shape index (κ3) is 3.82. The zero-order valence-corrected chi connectivity index (χ0v) is 14.2. The van der Waals surface area contributed by atoms with E-state index in [-0.39, 0.29) is 23.7 Å². The summed E-state index contributed by atoms with van der Waals surface area (Å²) in [4.78, 5) is 27.4. The molecular formula is C17H25N3O3. The number of rotatable bonds is 6. The summed E-state index contributed by atoms with van der Waals surface area (Å²) >= 11 is 0. The van der Waals surface area contributed by atoms with Crippen molar-refractivity contribution in [2.75, 3.05) is 20.1 Å². The van der Waals surface area contributed by atoms with Gasteiger partial charge in [-0.05, 0) is 51.9 Å². The van der Waals surface area contributed by atoms with Crippen LogP contribution < -0.4 is 5.32 Å². The minimum absolute atomic E-state index is 0.140. The van der Waals surface area contributed by atoms with Gasteiger partial charge in [-0.15, -0.1) is 0 Å². The molecule has 1 aliphatic heterocycles. The summed E-state index contributed by atoms with van der Waals surface area (Å²) in [5.41, 5.74) is 0.223. The number of imide groups is 1. The van der Waals surface area contributed by atoms with Crippen molar-refractivity contribution in [3.63, 3.8) is 0 Å². The number of benzene rings is 1. The Bertz CT molecular complexity index is 601. The van der Waals surface area contributed by atoms with Crippen LogP contribution in [0.4, 0.5) is 4.79 Å². The molecule has 0 radical (unpaired) electrons. The van der Waals surface area contributed by atoms with Crippen LogP contribution in [0, 0.1) is 0 Å². The van der Waals surface area contributed by atoms with Crippen LogP contribution in [-0.4, -0.2) is 52.5 Å². The van der Waals surface area contributed by atoms with Crippen LogP contribution in [0.5, 0.6) is 5.75 Å². The topological polar surface area (TPSA) is 72.9 Å². The Morgan fingerprint density at radius 1 is 1.35 bits per heavy atom. The lowest BCUT2D eigenvalue weighted by Crippen LogP contribution is -2.40. The fourth-order valence-corrected chi connectivity index (χ4v) is 2.73. The van der Waals surface area contributed by atoms with Crippen LogP contribution >= 0.6 is 0 Å². The van der Waals surface area contributed by atoms with E-state index < -0.39 is 5.54 Å². The van der Waals surface area contributed by atoms with Crippen molar-refractivity contribution in [2.45, 2.75) is 38.8 Å². The van der Waals surface area contributed by atoms with E-state index in [1.807, 2.05) is 19.2 Å². The van der Waals surface area contributed by atoms with Gasteiger partial charge in [0.2, 0.25) is 0 Å². The zero-order chi connectivity index (χ0) is 17.2. The highest BCUT2D eigenvalue weighted by molar-refractivity contribution is 6.06. The summed E-state index contributed by atoms with van der Waals surface area (Å²) in [6, 6.07) is 7.02. The van der Waals surface area contributed by atoms with Crippen molar-refractivity contribution in [1.82, 2.24) is 15.1 Å². The fourth-order valence-electron chi connectivity index (χ4n) is 2.73. The maximum absolute atomic E-state index is 12.1. The predicted octanol–water partition coefficient (Wildman–Crippen LogP) is 2.11. The van der Waals surface area contributed by atoms with Crippen molar-refractivity contribution in [2.24, 2.45) is 0 Å². The minimum atomic E-state index is -0.808. The highest BCUT2D eigenvalue weighted by atomic mass is 16.3. The summed E-state index contributed by atoms with van der Waals surface area (Å²) in [6.07, 6.45) is 0.703. The first-order chi connectivity index (χ1) is 10.7. The van der Waals surface area contributed by atoms with Gasteiger partial charge in [-0.25, -0.2) is 4.79 Å². The molecule has 0 aliphatic carbocycles. The van der Waals surface area contributed by atoms with E-state index >= 15 is 0 Å². The first-order valence-electron chi connectivity index (χ1n) is 7.85. The summed E-state index contributed by atoms with van der Waals surface area (Å²) in [5, 5.41) is 12.2. The number of urea groups is 1. The van der Waals surface area contributed by atoms with Gasteiger partial charge < -0.3 is 10.4 Å². The van der Waals surface area contributed by atoms with E-state index in [0.29, 0.717) is 13.0 Å². The number of hydrogen-bond donors (Lipinski definition) is 2. The summed E-state index contributed by atoms with van der Waals surface area (Å²) in [5.74, 6) is 0.0792. The number of carbonyl (C=O) groups is 2. The van der Waals surface area contributed by atoms with Gasteiger partial charge in [0.1, 0.15) is 11.3 Å². The van der Waals surface area contributed by atoms with E-state index in [1.165, 1.54) is 4.90 Å². The van der Waals surface area contributed by atoms with Crippen LogP contribution in [-0.2, 0) is 4.79 Å². The lowest BCUT2D eigenvalue weighted by molar-refractivity contribution is -0.130. The maximum Gasteiger partial charge on any atom is 0.325 e. The molecule has 126 valence electrons. The average Bonchev–Trinajstić information content (AvgIpc) is 2.67. The van der Waals surface area contributed by atoms with Crippen molar-refractivity contribution < 1.29 is 14.7 Å². The standard InChI is InChI=1S/C17H25N3O3/c1-12(13-7-5-8-14(21)11-13)19(4)9-6-10-20-15(22)17(2,3)18-16(20)23/h5,7-8,11-12,21H,6,9-10H2,1-4H3,(H,18,23). The predicted molar refractivity (Wildman–Crippen MR) is 88.1 cm³/mol. The first-order valence-corrected chi connectivity index (χ1v) is 7.85. The van der Waals surface area contributed by atoms with Gasteiger partial charge in [0.25, 0.3) is 5.91 Å². The van der Waals surface area contributed by atoms with E-state index in [4.69, 9.17) is 0 Å². The van der Waals surface area contributed by atoms with Gasteiger partial charge in [-0.2, -0.15) is 0 Å². The lowest BCUT2D eigenvalue weighted by atomic mass is 10.1. The average molecular weight is 319 g/mol. The first kappa shape index (κ1) is 17.3. The van der Waals surface area contributed by atoms with Gasteiger partial charge in [0.15, 0.2) is 0 Å². The number of carbonyl (C=O) groups excluding carboxylic acids is 2. The number of nitrogens with zero attached hydrogens (tertiary/aromatic N) is 2. The van der Waals surface area contributed by atoms with Crippen molar-refractivity contribution in [1.29, 1.82) is 0 Å². The molecule has 0 aromatic heterocycles. The molecule has 1 fully saturated rings. The van der Waals surface area contributed by atoms with Gasteiger partial charge in [0, 0.05) is 19.1 Å². The summed E-state index contributed by atoms with van der Waals surface area (Å²) < 4.78 is 0. The quantitative estimate of drug-likeness (QED) is 0.788. The van der Waals surface area contributed by atoms with Gasteiger partial charge in [0.05, 0.1) is 0 Å². The van der Waals surface area contributed by atoms with Crippen LogP contribution in [0.25, 0.3) is 0 Å². The largest absolute Gasteiger partial charge is 0.508 e. The Kier molecular flexibility index (Phi) is 4.94. The van der Waals surface area contributed by atoms with E-state index in [9.17, 15) is 14.7 Å². The number of aromatic hydroxyl groups is 1. The molecular weight excluding hydrogens is 294 g/mol. The molecule has 23 heavy (non-hydrogen) atoms. The molecule has 6 heteroatoms. The Hall–Kier alpha value is -2.08. The molecule has 1 atom stereocenters. The fraction of sp³-hybridized carbons (Fsp3) is 0.529. The molecule has 1 saturated heterocycles. The Balaban J connectivity index is 1.86. The van der Waals surface area contributed by atoms with Crippen molar-refractivity contribution in [3.05, 3.63) is 29.8 Å². The maximum atomic E-state index is 12.1. The second kappa shape index (κ2) is 6.58. The summed E-state index contributed by atoms with van der Waals surface area (Å²) in [6.45, 7) is 6.64. The molecule has 6 nitrogen and oxygen atoms in total. The monoisotopic (exact) mass is 319 g/mol. The second-order valence-corrected chi connectivity index (χ2v) is 6.62. The number of amides is 3. The van der Waals surface area contributed by atoms with Gasteiger partial charge in [-0.1, -0.05) is 12.1 Å². The molecule has 2 rings (SSSR count). The van der Waals surface area contributed by atoms with Crippen molar-refractivity contribution in [3.8, 4) is 5.75 Å². The third-order valence-corrected chi connectivity index (χ3v) is 4.35. The van der Waals surface area contributed by atoms with Gasteiger partial charge >= 0.3 is 6.03 Å². The molecule has 1 aromatic rings. The number of hydrogen-bond acceptors (Lipinski definition) is 4. The third-order valence-electron chi connectivity index (χ3n) is 4.35. The molecule has 1 unspecified atom stereocenters. The molecule has 2 N–H and O–H groups in total. The number of nitrogens with one attached hydrogen (secondary N) is 1. The van der Waals surface area contributed by atoms with Gasteiger partial charge in [-0.3, -0.25) is 14.6 Å². The Morgan fingerprint density at radius 2 is 2.04 bits per heavy atom. The minimum Gasteiger partial charge on any atom is -0.508 e. The smallest absolute Gasteiger partial charge is 0.325 e. The summed E-state index contributed by atoms with van der Waals surface area (Å²) in [7, 11) is 1.99. The zero-order valence-electron chi connectivity index (χ0n) is 14.2.